The third kappa shape index (κ3) is 3.01. The van der Waals surface area contributed by atoms with Gasteiger partial charge in [-0.1, -0.05) is 29.8 Å². The number of hydrogen-bond donors (Lipinski definition) is 2. The highest BCUT2D eigenvalue weighted by molar-refractivity contribution is 7.92. The van der Waals surface area contributed by atoms with E-state index in [1.807, 2.05) is 0 Å². The topological polar surface area (TPSA) is 109 Å². The Bertz CT molecular complexity index is 1040. The minimum Gasteiger partial charge on any atom is -0.477 e. The highest BCUT2D eigenvalue weighted by Gasteiger charge is 2.19. The lowest BCUT2D eigenvalue weighted by atomic mass is 10.1. The van der Waals surface area contributed by atoms with Crippen molar-refractivity contribution >= 4 is 44.2 Å². The predicted octanol–water partition coefficient (Wildman–Crippen LogP) is 2.78. The number of nitrogens with zero attached hydrogens (tertiary/aromatic N) is 2. The Kier molecular flexibility index (Phi) is 4.08. The summed E-state index contributed by atoms with van der Waals surface area (Å²) >= 11 is 6.07. The van der Waals surface area contributed by atoms with Crippen LogP contribution < -0.4 is 4.72 Å². The summed E-state index contributed by atoms with van der Waals surface area (Å²) in [6, 6.07) is 10.4. The highest BCUT2D eigenvalue weighted by Crippen LogP contribution is 2.29. The maximum Gasteiger partial charge on any atom is 0.354 e. The number of para-hydroxylation sites is 1. The number of rotatable bonds is 4. The van der Waals surface area contributed by atoms with Crippen LogP contribution >= 0.6 is 11.6 Å². The van der Waals surface area contributed by atoms with Crippen molar-refractivity contribution in [1.29, 1.82) is 0 Å². The van der Waals surface area contributed by atoms with Crippen LogP contribution in [0.2, 0.25) is 5.02 Å². The van der Waals surface area contributed by atoms with Crippen LogP contribution in [-0.2, 0) is 10.0 Å². The van der Waals surface area contributed by atoms with Gasteiger partial charge < -0.3 is 5.11 Å². The zero-order valence-corrected chi connectivity index (χ0v) is 13.5. The Labute approximate surface area is 142 Å². The average Bonchev–Trinajstić information content (AvgIpc) is 2.56. The molecule has 3 aromatic rings. The fourth-order valence-electron chi connectivity index (χ4n) is 2.10. The van der Waals surface area contributed by atoms with Crippen molar-refractivity contribution in [3.8, 4) is 0 Å². The third-order valence-electron chi connectivity index (χ3n) is 3.17. The van der Waals surface area contributed by atoms with Gasteiger partial charge in [0.25, 0.3) is 10.0 Å². The molecule has 24 heavy (non-hydrogen) atoms. The molecule has 2 heterocycles. The van der Waals surface area contributed by atoms with Crippen molar-refractivity contribution < 1.29 is 18.3 Å². The Balaban J connectivity index is 2.15. The number of pyridine rings is 2. The molecule has 1 aromatic carbocycles. The zero-order chi connectivity index (χ0) is 17.3. The van der Waals surface area contributed by atoms with E-state index < -0.39 is 16.0 Å². The summed E-state index contributed by atoms with van der Waals surface area (Å²) in [6.07, 6.45) is 1.36. The number of fused-ring (bicyclic) bond motifs is 1. The SMILES string of the molecule is O=C(O)c1cc(Cl)c2cccc(NS(=O)(=O)c3ccccn3)c2n1. The molecular formula is C15H10ClN3O4S. The molecule has 2 N–H and O–H groups in total. The molecule has 0 aliphatic rings. The number of hydrogen-bond acceptors (Lipinski definition) is 5. The second kappa shape index (κ2) is 6.06. The smallest absolute Gasteiger partial charge is 0.354 e. The van der Waals surface area contributed by atoms with Crippen molar-refractivity contribution in [2.24, 2.45) is 0 Å². The Morgan fingerprint density at radius 1 is 1.17 bits per heavy atom. The van der Waals surface area contributed by atoms with Crippen molar-refractivity contribution in [2.75, 3.05) is 4.72 Å². The number of aromatic carboxylic acids is 1. The molecule has 0 atom stereocenters. The normalized spacial score (nSPS) is 11.4. The Morgan fingerprint density at radius 2 is 1.96 bits per heavy atom. The number of carboxylic acids is 1. The maximum absolute atomic E-state index is 12.4. The van der Waals surface area contributed by atoms with Gasteiger partial charge in [-0.3, -0.25) is 4.72 Å². The van der Waals surface area contributed by atoms with E-state index in [4.69, 9.17) is 16.7 Å². The third-order valence-corrected chi connectivity index (χ3v) is 4.76. The van der Waals surface area contributed by atoms with Crippen LogP contribution in [-0.4, -0.2) is 29.5 Å². The minimum atomic E-state index is -3.94. The minimum absolute atomic E-state index is 0.114. The van der Waals surface area contributed by atoms with Crippen LogP contribution in [0.3, 0.4) is 0 Å². The lowest BCUT2D eigenvalue weighted by Gasteiger charge is -2.11. The lowest BCUT2D eigenvalue weighted by molar-refractivity contribution is 0.0691. The van der Waals surface area contributed by atoms with E-state index in [0.29, 0.717) is 5.39 Å². The fraction of sp³-hybridized carbons (Fsp3) is 0. The predicted molar refractivity (Wildman–Crippen MR) is 88.8 cm³/mol. The molecule has 0 unspecified atom stereocenters. The number of sulfonamides is 1. The molecule has 0 saturated carbocycles. The van der Waals surface area contributed by atoms with Crippen LogP contribution in [0.15, 0.2) is 53.7 Å². The molecule has 0 amide bonds. The average molecular weight is 364 g/mol. The first kappa shape index (κ1) is 16.2. The summed E-state index contributed by atoms with van der Waals surface area (Å²) < 4.78 is 27.2. The van der Waals surface area contributed by atoms with Gasteiger partial charge in [-0.25, -0.2) is 14.8 Å². The van der Waals surface area contributed by atoms with Crippen molar-refractivity contribution in [2.45, 2.75) is 5.03 Å². The van der Waals surface area contributed by atoms with E-state index >= 15 is 0 Å². The summed E-state index contributed by atoms with van der Waals surface area (Å²) in [4.78, 5) is 18.9. The number of aromatic nitrogens is 2. The molecule has 3 rings (SSSR count). The molecule has 0 radical (unpaired) electrons. The Morgan fingerprint density at radius 3 is 2.62 bits per heavy atom. The van der Waals surface area contributed by atoms with Gasteiger partial charge in [0, 0.05) is 11.6 Å². The molecule has 0 saturated heterocycles. The van der Waals surface area contributed by atoms with Gasteiger partial charge in [0.15, 0.2) is 5.03 Å². The van der Waals surface area contributed by atoms with Crippen molar-refractivity contribution in [3.63, 3.8) is 0 Å². The molecule has 0 spiro atoms. The molecule has 7 nitrogen and oxygen atoms in total. The zero-order valence-electron chi connectivity index (χ0n) is 12.0. The monoisotopic (exact) mass is 363 g/mol. The van der Waals surface area contributed by atoms with Crippen molar-refractivity contribution in [1.82, 2.24) is 9.97 Å². The van der Waals surface area contributed by atoms with Gasteiger partial charge in [-0.15, -0.1) is 0 Å². The van der Waals surface area contributed by atoms with Gasteiger partial charge in [0.2, 0.25) is 0 Å². The number of halogens is 1. The van der Waals surface area contributed by atoms with Gasteiger partial charge in [-0.05, 0) is 24.3 Å². The van der Waals surface area contributed by atoms with Crippen molar-refractivity contribution in [3.05, 3.63) is 59.4 Å². The first-order chi connectivity index (χ1) is 11.4. The summed E-state index contributed by atoms with van der Waals surface area (Å²) in [7, 11) is -3.94. The number of nitrogens with one attached hydrogen (secondary N) is 1. The lowest BCUT2D eigenvalue weighted by Crippen LogP contribution is -2.15. The standard InChI is InChI=1S/C15H10ClN3O4S/c16-10-8-12(15(20)21)18-14-9(10)4-3-5-11(14)19-24(22,23)13-6-1-2-7-17-13/h1-8,19H,(H,20,21). The summed E-state index contributed by atoms with van der Waals surface area (Å²) in [5.74, 6) is -1.26. The molecule has 122 valence electrons. The largest absolute Gasteiger partial charge is 0.477 e. The first-order valence-corrected chi connectivity index (χ1v) is 8.51. The molecule has 0 bridgehead atoms. The molecule has 2 aromatic heterocycles. The van der Waals surface area contributed by atoms with E-state index in [9.17, 15) is 13.2 Å². The van der Waals surface area contributed by atoms with E-state index in [1.54, 1.807) is 24.3 Å². The van der Waals surface area contributed by atoms with Crippen LogP contribution in [0.1, 0.15) is 10.5 Å². The van der Waals surface area contributed by atoms with Gasteiger partial charge >= 0.3 is 5.97 Å². The summed E-state index contributed by atoms with van der Waals surface area (Å²) in [5, 5.41) is 9.53. The molecular weight excluding hydrogens is 354 g/mol. The highest BCUT2D eigenvalue weighted by atomic mass is 35.5. The van der Waals surface area contributed by atoms with Crippen LogP contribution in [0.25, 0.3) is 10.9 Å². The second-order valence-electron chi connectivity index (χ2n) is 4.77. The van der Waals surface area contributed by atoms with Crippen LogP contribution in [0.5, 0.6) is 0 Å². The van der Waals surface area contributed by atoms with Crippen LogP contribution in [0, 0.1) is 0 Å². The molecule has 0 aliphatic heterocycles. The number of benzene rings is 1. The quantitative estimate of drug-likeness (QED) is 0.737. The number of anilines is 1. The van der Waals surface area contributed by atoms with Gasteiger partial charge in [0.1, 0.15) is 5.69 Å². The van der Waals surface area contributed by atoms with E-state index in [-0.39, 0.29) is 26.9 Å². The van der Waals surface area contributed by atoms with Crippen LogP contribution in [0.4, 0.5) is 5.69 Å². The number of carbonyl (C=O) groups is 1. The molecule has 0 fully saturated rings. The molecule has 0 aliphatic carbocycles. The van der Waals surface area contributed by atoms with Gasteiger partial charge in [-0.2, -0.15) is 8.42 Å². The number of carboxylic acid groups (broad SMARTS) is 1. The van der Waals surface area contributed by atoms with Gasteiger partial charge in [0.05, 0.1) is 16.2 Å². The summed E-state index contributed by atoms with van der Waals surface area (Å²) in [6.45, 7) is 0. The van der Waals surface area contributed by atoms with E-state index in [1.165, 1.54) is 24.4 Å². The van der Waals surface area contributed by atoms with E-state index in [2.05, 4.69) is 14.7 Å². The Hall–Kier alpha value is -2.71. The molecule has 9 heteroatoms. The maximum atomic E-state index is 12.4. The fourth-order valence-corrected chi connectivity index (χ4v) is 3.37. The second-order valence-corrected chi connectivity index (χ2v) is 6.81. The summed E-state index contributed by atoms with van der Waals surface area (Å²) in [5.41, 5.74) is -0.0259. The first-order valence-electron chi connectivity index (χ1n) is 6.65. The van der Waals surface area contributed by atoms with E-state index in [0.717, 1.165) is 0 Å².